The lowest BCUT2D eigenvalue weighted by atomic mass is 9.81. The molecule has 0 saturated heterocycles. The zero-order valence-corrected chi connectivity index (χ0v) is 18.5. The molecule has 0 spiro atoms. The van der Waals surface area contributed by atoms with Crippen LogP contribution in [0.2, 0.25) is 0 Å². The van der Waals surface area contributed by atoms with Crippen molar-refractivity contribution in [3.63, 3.8) is 0 Å². The summed E-state index contributed by atoms with van der Waals surface area (Å²) in [6, 6.07) is 2.33. The number of aliphatic hydroxyl groups excluding tert-OH is 1. The molecule has 8 heteroatoms. The van der Waals surface area contributed by atoms with Crippen LogP contribution in [-0.4, -0.2) is 47.8 Å². The van der Waals surface area contributed by atoms with Crippen LogP contribution in [0.4, 0.5) is 8.78 Å². The molecule has 0 heterocycles. The second kappa shape index (κ2) is 11.5. The van der Waals surface area contributed by atoms with Crippen LogP contribution < -0.4 is 10.6 Å². The molecular weight excluding hydrogens is 406 g/mol. The monoisotopic (exact) mass is 440 g/mol. The second-order valence-electron chi connectivity index (χ2n) is 8.87. The van der Waals surface area contributed by atoms with Gasteiger partial charge in [-0.05, 0) is 42.9 Å². The topological polar surface area (TPSA) is 87.7 Å². The molecule has 1 aromatic carbocycles. The predicted molar refractivity (Wildman–Crippen MR) is 113 cm³/mol. The van der Waals surface area contributed by atoms with Gasteiger partial charge in [-0.1, -0.05) is 33.1 Å². The van der Waals surface area contributed by atoms with Gasteiger partial charge in [0.25, 0.3) is 0 Å². The Kier molecular flexibility index (Phi) is 9.37. The summed E-state index contributed by atoms with van der Waals surface area (Å²) in [6.07, 6.45) is 2.96. The fraction of sp³-hybridized carbons (Fsp3) is 0.652. The summed E-state index contributed by atoms with van der Waals surface area (Å²) in [5, 5.41) is 16.6. The third-order valence-electron chi connectivity index (χ3n) is 5.53. The molecule has 2 rings (SSSR count). The number of hydrogen-bond acceptors (Lipinski definition) is 5. The molecule has 0 aromatic heterocycles. The molecule has 31 heavy (non-hydrogen) atoms. The van der Waals surface area contributed by atoms with E-state index in [0.717, 1.165) is 25.3 Å². The predicted octanol–water partition coefficient (Wildman–Crippen LogP) is 2.86. The Labute approximate surface area is 182 Å². The highest BCUT2D eigenvalue weighted by Gasteiger charge is 2.41. The third kappa shape index (κ3) is 7.85. The Balaban J connectivity index is 2.09. The lowest BCUT2D eigenvalue weighted by Crippen LogP contribution is -2.58. The zero-order chi connectivity index (χ0) is 23.0. The summed E-state index contributed by atoms with van der Waals surface area (Å²) >= 11 is 0. The quantitative estimate of drug-likeness (QED) is 0.487. The Hall–Kier alpha value is -2.06. The van der Waals surface area contributed by atoms with Gasteiger partial charge in [0.05, 0.1) is 18.8 Å². The first kappa shape index (κ1) is 25.2. The normalized spacial score (nSPS) is 17.8. The molecule has 1 aromatic rings. The average Bonchev–Trinajstić information content (AvgIpc) is 2.69. The molecule has 0 aliphatic heterocycles. The number of carbonyl (C=O) groups is 2. The van der Waals surface area contributed by atoms with Gasteiger partial charge in [-0.15, -0.1) is 0 Å². The van der Waals surface area contributed by atoms with Crippen LogP contribution in [0.5, 0.6) is 0 Å². The SMILES string of the molecule is CC(=O)NC(Cc1cc(F)cc(F)c1)C(O)CNC1(C(=O)OCC(C)C)CCCCC1. The van der Waals surface area contributed by atoms with E-state index in [1.54, 1.807) is 0 Å². The van der Waals surface area contributed by atoms with E-state index in [1.807, 2.05) is 13.8 Å². The van der Waals surface area contributed by atoms with E-state index in [1.165, 1.54) is 19.1 Å². The number of esters is 1. The summed E-state index contributed by atoms with van der Waals surface area (Å²) in [7, 11) is 0. The summed E-state index contributed by atoms with van der Waals surface area (Å²) in [4.78, 5) is 24.5. The van der Waals surface area contributed by atoms with Gasteiger partial charge in [0.15, 0.2) is 0 Å². The van der Waals surface area contributed by atoms with Crippen LogP contribution in [0, 0.1) is 17.6 Å². The largest absolute Gasteiger partial charge is 0.464 e. The van der Waals surface area contributed by atoms with E-state index in [2.05, 4.69) is 10.6 Å². The molecule has 3 N–H and O–H groups in total. The van der Waals surface area contributed by atoms with Gasteiger partial charge in [-0.25, -0.2) is 8.78 Å². The molecule has 1 amide bonds. The highest BCUT2D eigenvalue weighted by molar-refractivity contribution is 5.81. The van der Waals surface area contributed by atoms with Gasteiger partial charge in [0.2, 0.25) is 5.91 Å². The lowest BCUT2D eigenvalue weighted by Gasteiger charge is -2.37. The maximum absolute atomic E-state index is 13.5. The molecule has 2 atom stereocenters. The van der Waals surface area contributed by atoms with E-state index in [9.17, 15) is 23.5 Å². The van der Waals surface area contributed by atoms with Gasteiger partial charge in [-0.2, -0.15) is 0 Å². The molecule has 1 saturated carbocycles. The van der Waals surface area contributed by atoms with E-state index in [-0.39, 0.29) is 30.8 Å². The molecule has 1 aliphatic carbocycles. The Morgan fingerprint density at radius 2 is 1.74 bits per heavy atom. The van der Waals surface area contributed by atoms with Crippen LogP contribution in [0.15, 0.2) is 18.2 Å². The number of carbonyl (C=O) groups excluding carboxylic acids is 2. The van der Waals surface area contributed by atoms with Gasteiger partial charge >= 0.3 is 5.97 Å². The van der Waals surface area contributed by atoms with Crippen molar-refractivity contribution in [3.05, 3.63) is 35.4 Å². The van der Waals surface area contributed by atoms with E-state index >= 15 is 0 Å². The molecule has 174 valence electrons. The zero-order valence-electron chi connectivity index (χ0n) is 18.5. The van der Waals surface area contributed by atoms with Gasteiger partial charge in [-0.3, -0.25) is 14.9 Å². The minimum atomic E-state index is -1.08. The highest BCUT2D eigenvalue weighted by Crippen LogP contribution is 2.30. The van der Waals surface area contributed by atoms with Crippen molar-refractivity contribution in [2.45, 2.75) is 77.0 Å². The number of aliphatic hydroxyl groups is 1. The van der Waals surface area contributed by atoms with Crippen molar-refractivity contribution in [3.8, 4) is 0 Å². The summed E-state index contributed by atoms with van der Waals surface area (Å²) in [5.41, 5.74) is -0.557. The first-order valence-electron chi connectivity index (χ1n) is 10.9. The number of halogens is 2. The van der Waals surface area contributed by atoms with Crippen molar-refractivity contribution in [1.82, 2.24) is 10.6 Å². The Bertz CT molecular complexity index is 731. The van der Waals surface area contributed by atoms with Gasteiger partial charge < -0.3 is 15.2 Å². The van der Waals surface area contributed by atoms with Crippen LogP contribution >= 0.6 is 0 Å². The Morgan fingerprint density at radius 3 is 2.29 bits per heavy atom. The number of β-amino-alcohol motifs (C(OH)–C–C–N with tert-alkyl or cyclic N) is 1. The minimum Gasteiger partial charge on any atom is -0.464 e. The average molecular weight is 441 g/mol. The molecule has 6 nitrogen and oxygen atoms in total. The van der Waals surface area contributed by atoms with Crippen molar-refractivity contribution in [2.24, 2.45) is 5.92 Å². The fourth-order valence-electron chi connectivity index (χ4n) is 3.96. The third-order valence-corrected chi connectivity index (χ3v) is 5.53. The van der Waals surface area contributed by atoms with Crippen molar-refractivity contribution in [1.29, 1.82) is 0 Å². The smallest absolute Gasteiger partial charge is 0.326 e. The molecule has 1 fully saturated rings. The Morgan fingerprint density at radius 1 is 1.13 bits per heavy atom. The van der Waals surface area contributed by atoms with Crippen molar-refractivity contribution >= 4 is 11.9 Å². The molecule has 0 bridgehead atoms. The maximum Gasteiger partial charge on any atom is 0.326 e. The number of hydrogen-bond donors (Lipinski definition) is 3. The van der Waals surface area contributed by atoms with Crippen LogP contribution in [0.25, 0.3) is 0 Å². The highest BCUT2D eigenvalue weighted by atomic mass is 19.1. The number of ether oxygens (including phenoxy) is 1. The first-order chi connectivity index (χ1) is 14.6. The van der Waals surface area contributed by atoms with Crippen molar-refractivity contribution in [2.75, 3.05) is 13.2 Å². The molecule has 2 unspecified atom stereocenters. The van der Waals surface area contributed by atoms with E-state index in [0.29, 0.717) is 25.0 Å². The number of nitrogens with one attached hydrogen (secondary N) is 2. The minimum absolute atomic E-state index is 0.0273. The van der Waals surface area contributed by atoms with Crippen molar-refractivity contribution < 1.29 is 28.2 Å². The second-order valence-corrected chi connectivity index (χ2v) is 8.87. The fourth-order valence-corrected chi connectivity index (χ4v) is 3.96. The summed E-state index contributed by atoms with van der Waals surface area (Å²) < 4.78 is 32.6. The van der Waals surface area contributed by atoms with E-state index < -0.39 is 29.3 Å². The van der Waals surface area contributed by atoms with Crippen LogP contribution in [0.1, 0.15) is 58.4 Å². The number of rotatable bonds is 10. The molecule has 0 radical (unpaired) electrons. The first-order valence-corrected chi connectivity index (χ1v) is 10.9. The standard InChI is InChI=1S/C23H34F2N2O4/c1-15(2)14-31-22(30)23(7-5-4-6-8-23)26-13-21(29)20(27-16(3)28)11-17-9-18(24)12-19(25)10-17/h9-10,12,15,20-21,26,29H,4-8,11,13-14H2,1-3H3,(H,27,28). The van der Waals surface area contributed by atoms with E-state index in [4.69, 9.17) is 4.74 Å². The van der Waals surface area contributed by atoms with Gasteiger partial charge in [0, 0.05) is 19.5 Å². The maximum atomic E-state index is 13.5. The molecular formula is C23H34F2N2O4. The van der Waals surface area contributed by atoms with Crippen LogP contribution in [-0.2, 0) is 20.7 Å². The molecule has 1 aliphatic rings. The number of benzene rings is 1. The number of amides is 1. The van der Waals surface area contributed by atoms with Crippen LogP contribution in [0.3, 0.4) is 0 Å². The lowest BCUT2D eigenvalue weighted by molar-refractivity contribution is -0.154. The summed E-state index contributed by atoms with van der Waals surface area (Å²) in [6.45, 7) is 5.59. The van der Waals surface area contributed by atoms with Gasteiger partial charge in [0.1, 0.15) is 17.2 Å². The summed E-state index contributed by atoms with van der Waals surface area (Å²) in [5.74, 6) is -1.93.